The van der Waals surface area contributed by atoms with Crippen LogP contribution in [0.3, 0.4) is 0 Å². The molecule has 3 nitrogen and oxygen atoms in total. The van der Waals surface area contributed by atoms with Crippen molar-refractivity contribution >= 4 is 17.2 Å². The number of carbonyl (C=O) groups excluding carboxylic acids is 1. The van der Waals surface area contributed by atoms with Crippen molar-refractivity contribution in [2.45, 2.75) is 44.6 Å². The number of hydrogen-bond acceptors (Lipinski definition) is 3. The molecule has 0 bridgehead atoms. The van der Waals surface area contributed by atoms with E-state index in [9.17, 15) is 4.79 Å². The van der Waals surface area contributed by atoms with E-state index in [1.807, 2.05) is 29.8 Å². The molecule has 0 aromatic carbocycles. The number of amides is 1. The van der Waals surface area contributed by atoms with Crippen LogP contribution >= 0.6 is 11.3 Å². The number of aryl methyl sites for hydroxylation is 1. The van der Waals surface area contributed by atoms with E-state index >= 15 is 0 Å². The van der Waals surface area contributed by atoms with E-state index in [0.29, 0.717) is 12.5 Å². The van der Waals surface area contributed by atoms with E-state index in [1.165, 1.54) is 11.3 Å². The molecule has 0 radical (unpaired) electrons. The van der Waals surface area contributed by atoms with Gasteiger partial charge in [-0.2, -0.15) is 0 Å². The largest absolute Gasteiger partial charge is 0.339 e. The Kier molecular flexibility index (Phi) is 5.22. The van der Waals surface area contributed by atoms with Crippen LogP contribution in [-0.4, -0.2) is 28.4 Å². The third kappa shape index (κ3) is 3.95. The van der Waals surface area contributed by atoms with Crippen molar-refractivity contribution in [2.24, 2.45) is 0 Å². The van der Waals surface area contributed by atoms with E-state index < -0.39 is 0 Å². The summed E-state index contributed by atoms with van der Waals surface area (Å²) < 4.78 is 0. The summed E-state index contributed by atoms with van der Waals surface area (Å²) >= 11 is 1.67. The van der Waals surface area contributed by atoms with Crippen LogP contribution in [0.15, 0.2) is 41.9 Å². The summed E-state index contributed by atoms with van der Waals surface area (Å²) in [4.78, 5) is 20.3. The molecule has 2 aromatic rings. The zero-order chi connectivity index (χ0) is 15.2. The number of nitrogens with zero attached hydrogens (tertiary/aromatic N) is 2. The number of pyridine rings is 1. The minimum absolute atomic E-state index is 0.285. The molecular weight excluding hydrogens is 292 g/mol. The second-order valence-corrected chi connectivity index (χ2v) is 6.88. The molecule has 0 saturated carbocycles. The van der Waals surface area contributed by atoms with E-state index in [2.05, 4.69) is 22.0 Å². The lowest BCUT2D eigenvalue weighted by atomic mass is 9.96. The van der Waals surface area contributed by atoms with Crippen LogP contribution in [0.1, 0.15) is 36.3 Å². The maximum Gasteiger partial charge on any atom is 0.228 e. The first kappa shape index (κ1) is 15.2. The molecule has 1 aliphatic rings. The van der Waals surface area contributed by atoms with Gasteiger partial charge in [0.25, 0.3) is 0 Å². The zero-order valence-electron chi connectivity index (χ0n) is 12.8. The normalized spacial score (nSPS) is 18.4. The topological polar surface area (TPSA) is 33.2 Å². The molecule has 22 heavy (non-hydrogen) atoms. The molecule has 1 atom stereocenters. The number of thiophene rings is 1. The average Bonchev–Trinajstić information content (AvgIpc) is 3.07. The van der Waals surface area contributed by atoms with Gasteiger partial charge in [-0.05, 0) is 55.7 Å². The van der Waals surface area contributed by atoms with E-state index in [1.54, 1.807) is 11.3 Å². The Bertz CT molecular complexity index is 582. The van der Waals surface area contributed by atoms with Crippen molar-refractivity contribution in [1.29, 1.82) is 0 Å². The minimum Gasteiger partial charge on any atom is -0.339 e. The van der Waals surface area contributed by atoms with Gasteiger partial charge in [-0.3, -0.25) is 9.78 Å². The number of aromatic nitrogens is 1. The molecular formula is C18H22N2OS. The number of carbonyl (C=O) groups is 1. The summed E-state index contributed by atoms with van der Waals surface area (Å²) in [5.74, 6) is 0.285. The maximum absolute atomic E-state index is 12.6. The lowest BCUT2D eigenvalue weighted by Gasteiger charge is -2.36. The molecule has 3 rings (SSSR count). The third-order valence-electron chi connectivity index (χ3n) is 4.31. The number of likely N-dealkylation sites (tertiary alicyclic amines) is 1. The predicted molar refractivity (Wildman–Crippen MR) is 89.9 cm³/mol. The first-order valence-corrected chi connectivity index (χ1v) is 8.92. The highest BCUT2D eigenvalue weighted by molar-refractivity contribution is 7.10. The molecule has 116 valence electrons. The second kappa shape index (κ2) is 7.54. The van der Waals surface area contributed by atoms with Gasteiger partial charge in [0.2, 0.25) is 5.91 Å². The highest BCUT2D eigenvalue weighted by atomic mass is 32.1. The fourth-order valence-corrected chi connectivity index (χ4v) is 3.85. The van der Waals surface area contributed by atoms with Crippen LogP contribution in [0.25, 0.3) is 0 Å². The molecule has 0 N–H and O–H groups in total. The fraction of sp³-hybridized carbons (Fsp3) is 0.444. The standard InChI is InChI=1S/C18H22N2OS/c21-18(14-17-8-5-13-22-17)20-12-4-2-7-16(20)10-9-15-6-1-3-11-19-15/h1,3,5-6,8,11,13,16H,2,4,7,9-10,12,14H2/t16-/m0/s1. The van der Waals surface area contributed by atoms with Crippen LogP contribution in [0, 0.1) is 0 Å². The van der Waals surface area contributed by atoms with E-state index in [0.717, 1.165) is 37.9 Å². The van der Waals surface area contributed by atoms with Gasteiger partial charge < -0.3 is 4.90 Å². The number of hydrogen-bond donors (Lipinski definition) is 0. The molecule has 0 aliphatic carbocycles. The molecule has 1 aliphatic heterocycles. The van der Waals surface area contributed by atoms with Crippen LogP contribution in [0.2, 0.25) is 0 Å². The van der Waals surface area contributed by atoms with Crippen molar-refractivity contribution in [3.8, 4) is 0 Å². The summed E-state index contributed by atoms with van der Waals surface area (Å²) in [6, 6.07) is 10.5. The van der Waals surface area contributed by atoms with E-state index in [4.69, 9.17) is 0 Å². The second-order valence-electron chi connectivity index (χ2n) is 5.85. The van der Waals surface area contributed by atoms with Crippen LogP contribution in [-0.2, 0) is 17.6 Å². The lowest BCUT2D eigenvalue weighted by molar-refractivity contribution is -0.134. The van der Waals surface area contributed by atoms with Gasteiger partial charge in [0.05, 0.1) is 6.42 Å². The molecule has 4 heteroatoms. The zero-order valence-corrected chi connectivity index (χ0v) is 13.6. The SMILES string of the molecule is O=C(Cc1cccs1)N1CCCC[C@H]1CCc1ccccn1. The number of rotatable bonds is 5. The monoisotopic (exact) mass is 314 g/mol. The Hall–Kier alpha value is -1.68. The molecule has 3 heterocycles. The smallest absolute Gasteiger partial charge is 0.228 e. The molecule has 1 amide bonds. The van der Waals surface area contributed by atoms with E-state index in [-0.39, 0.29) is 5.91 Å². The van der Waals surface area contributed by atoms with Gasteiger partial charge in [0, 0.05) is 29.4 Å². The number of piperidine rings is 1. The fourth-order valence-electron chi connectivity index (χ4n) is 3.15. The summed E-state index contributed by atoms with van der Waals surface area (Å²) in [7, 11) is 0. The lowest BCUT2D eigenvalue weighted by Crippen LogP contribution is -2.44. The molecule has 0 unspecified atom stereocenters. The summed E-state index contributed by atoms with van der Waals surface area (Å²) in [5.41, 5.74) is 1.12. The quantitative estimate of drug-likeness (QED) is 0.843. The van der Waals surface area contributed by atoms with Gasteiger partial charge in [-0.15, -0.1) is 11.3 Å². The first-order valence-electron chi connectivity index (χ1n) is 8.04. The van der Waals surface area contributed by atoms with Gasteiger partial charge in [-0.25, -0.2) is 0 Å². The van der Waals surface area contributed by atoms with Crippen molar-refractivity contribution in [1.82, 2.24) is 9.88 Å². The maximum atomic E-state index is 12.6. The highest BCUT2D eigenvalue weighted by Crippen LogP contribution is 2.23. The average molecular weight is 314 g/mol. The summed E-state index contributed by atoms with van der Waals surface area (Å²) in [6.07, 6.45) is 7.87. The van der Waals surface area contributed by atoms with Crippen LogP contribution < -0.4 is 0 Å². The van der Waals surface area contributed by atoms with Crippen molar-refractivity contribution < 1.29 is 4.79 Å². The Labute approximate surface area is 136 Å². The van der Waals surface area contributed by atoms with Crippen LogP contribution in [0.4, 0.5) is 0 Å². The molecule has 1 fully saturated rings. The predicted octanol–water partition coefficient (Wildman–Crippen LogP) is 3.70. The Balaban J connectivity index is 1.59. The van der Waals surface area contributed by atoms with Gasteiger partial charge >= 0.3 is 0 Å². The molecule has 2 aromatic heterocycles. The van der Waals surface area contributed by atoms with Gasteiger partial charge in [0.15, 0.2) is 0 Å². The molecule has 1 saturated heterocycles. The van der Waals surface area contributed by atoms with Crippen molar-refractivity contribution in [3.63, 3.8) is 0 Å². The highest BCUT2D eigenvalue weighted by Gasteiger charge is 2.26. The third-order valence-corrected chi connectivity index (χ3v) is 5.19. The molecule has 0 spiro atoms. The minimum atomic E-state index is 0.285. The summed E-state index contributed by atoms with van der Waals surface area (Å²) in [5, 5.41) is 2.04. The Morgan fingerprint density at radius 2 is 2.23 bits per heavy atom. The first-order chi connectivity index (χ1) is 10.8. The summed E-state index contributed by atoms with van der Waals surface area (Å²) in [6.45, 7) is 0.914. The Morgan fingerprint density at radius 3 is 3.00 bits per heavy atom. The van der Waals surface area contributed by atoms with Crippen LogP contribution in [0.5, 0.6) is 0 Å². The Morgan fingerprint density at radius 1 is 1.27 bits per heavy atom. The van der Waals surface area contributed by atoms with Crippen molar-refractivity contribution in [3.05, 3.63) is 52.5 Å². The van der Waals surface area contributed by atoms with Crippen molar-refractivity contribution in [2.75, 3.05) is 6.54 Å². The van der Waals surface area contributed by atoms with Gasteiger partial charge in [0.1, 0.15) is 0 Å². The van der Waals surface area contributed by atoms with Gasteiger partial charge in [-0.1, -0.05) is 12.1 Å².